The molecule has 0 amide bonds. The third-order valence-corrected chi connectivity index (χ3v) is 14.6. The van der Waals surface area contributed by atoms with Crippen molar-refractivity contribution >= 4 is 99.5 Å². The molecule has 0 aliphatic carbocycles. The zero-order valence-corrected chi connectivity index (χ0v) is 35.4. The average molecular weight is 840 g/mol. The van der Waals surface area contributed by atoms with Crippen molar-refractivity contribution < 1.29 is 9.39 Å². The van der Waals surface area contributed by atoms with Gasteiger partial charge in [0.1, 0.15) is 17.2 Å². The van der Waals surface area contributed by atoms with Gasteiger partial charge in [0.15, 0.2) is 0 Å². The Labute approximate surface area is 377 Å². The summed E-state index contributed by atoms with van der Waals surface area (Å²) in [6, 6.07) is 74.9. The number of rotatable bonds is 3. The van der Waals surface area contributed by atoms with Gasteiger partial charge in [0, 0.05) is 71.3 Å². The van der Waals surface area contributed by atoms with Crippen molar-refractivity contribution in [3.05, 3.63) is 206 Å². The molecule has 0 fully saturated rings. The number of hydrogen-bond acceptors (Lipinski definition) is 2. The van der Waals surface area contributed by atoms with Crippen LogP contribution in [0.5, 0.6) is 17.2 Å². The molecule has 304 valence electrons. The Morgan fingerprint density at radius 1 is 0.348 bits per heavy atom. The van der Waals surface area contributed by atoms with Crippen molar-refractivity contribution in [3.8, 4) is 50.9 Å². The van der Waals surface area contributed by atoms with Gasteiger partial charge in [-0.3, -0.25) is 0 Å². The summed E-state index contributed by atoms with van der Waals surface area (Å²) >= 11 is 0. The molecule has 0 atom stereocenters. The van der Waals surface area contributed by atoms with Gasteiger partial charge in [0.2, 0.25) is 0 Å². The Balaban J connectivity index is 0.922. The van der Waals surface area contributed by atoms with Gasteiger partial charge in [-0.2, -0.15) is 0 Å². The van der Waals surface area contributed by atoms with Crippen LogP contribution in [0, 0.1) is 0 Å². The molecule has 0 saturated heterocycles. The Bertz CT molecular complexity index is 4390. The van der Waals surface area contributed by atoms with Gasteiger partial charge < -0.3 is 22.9 Å². The second-order valence-electron chi connectivity index (χ2n) is 17.9. The van der Waals surface area contributed by atoms with Crippen LogP contribution in [0.1, 0.15) is 0 Å². The maximum Gasteiger partial charge on any atom is 0.434 e. The van der Waals surface area contributed by atoms with E-state index in [2.05, 4.69) is 220 Å². The molecule has 66 heavy (non-hydrogen) atoms. The van der Waals surface area contributed by atoms with Crippen LogP contribution < -0.4 is 20.3 Å². The van der Waals surface area contributed by atoms with Crippen molar-refractivity contribution in [3.63, 3.8) is 0 Å². The molecule has 0 N–H and O–H groups in total. The number of ether oxygens (including phenoxy) is 1. The van der Waals surface area contributed by atoms with Crippen molar-refractivity contribution in [1.82, 2.24) is 13.5 Å². The first kappa shape index (κ1) is 34.7. The molecular formula is C60H34BN3O2. The summed E-state index contributed by atoms with van der Waals surface area (Å²) in [7, 11) is 0. The normalized spacial score (nSPS) is 13.1. The Hall–Kier alpha value is -8.74. The van der Waals surface area contributed by atoms with Gasteiger partial charge in [-0.25, -0.2) is 0 Å². The first-order chi connectivity index (χ1) is 32.7. The van der Waals surface area contributed by atoms with Gasteiger partial charge in [0.05, 0.1) is 44.3 Å². The number of hydrogen-bond donors (Lipinski definition) is 0. The van der Waals surface area contributed by atoms with E-state index in [9.17, 15) is 0 Å². The number of aromatic nitrogens is 3. The second-order valence-corrected chi connectivity index (χ2v) is 17.9. The van der Waals surface area contributed by atoms with E-state index in [-0.39, 0.29) is 6.92 Å². The van der Waals surface area contributed by atoms with Crippen LogP contribution in [-0.4, -0.2) is 20.5 Å². The highest BCUT2D eigenvalue weighted by atomic mass is 16.5. The Morgan fingerprint density at radius 2 is 0.939 bits per heavy atom. The van der Waals surface area contributed by atoms with E-state index in [1.165, 1.54) is 76.2 Å². The fraction of sp³-hybridized carbons (Fsp3) is 0. The highest BCUT2D eigenvalue weighted by Crippen LogP contribution is 2.48. The Kier molecular flexibility index (Phi) is 6.57. The van der Waals surface area contributed by atoms with Crippen LogP contribution in [0.15, 0.2) is 206 Å². The molecule has 10 aromatic carbocycles. The lowest BCUT2D eigenvalue weighted by Gasteiger charge is -2.33. The molecule has 6 heteroatoms. The fourth-order valence-electron chi connectivity index (χ4n) is 11.9. The topological polar surface area (TPSA) is 32.7 Å². The van der Waals surface area contributed by atoms with Crippen molar-refractivity contribution in [2.45, 2.75) is 0 Å². The smallest absolute Gasteiger partial charge is 0.434 e. The molecular weight excluding hydrogens is 805 g/mol. The molecule has 4 aromatic heterocycles. The van der Waals surface area contributed by atoms with E-state index in [1.54, 1.807) is 0 Å². The Morgan fingerprint density at radius 3 is 1.70 bits per heavy atom. The molecule has 0 spiro atoms. The lowest BCUT2D eigenvalue weighted by Crippen LogP contribution is -2.53. The first-order valence-electron chi connectivity index (χ1n) is 22.7. The number of nitrogens with zero attached hydrogens (tertiary/aromatic N) is 3. The SMILES string of the molecule is c1cc(-c2ccc3c(c2)Oc2cc(-n4c5ccccc5c5cc6c7ccccc7n7c8ccccc8c(c54)c67)cc4c2B3Oc2ccccc2-4)cc(-n2c3ccccc3c3ccccc32)c1. The highest BCUT2D eigenvalue weighted by molar-refractivity contribution is 6.84. The third-order valence-electron chi connectivity index (χ3n) is 14.6. The molecule has 6 heterocycles. The van der Waals surface area contributed by atoms with E-state index >= 15 is 0 Å². The summed E-state index contributed by atoms with van der Waals surface area (Å²) in [5.74, 6) is 2.48. The molecule has 0 saturated carbocycles. The lowest BCUT2D eigenvalue weighted by atomic mass is 9.50. The van der Waals surface area contributed by atoms with Crippen LogP contribution in [0.2, 0.25) is 0 Å². The number of benzene rings is 10. The zero-order valence-electron chi connectivity index (χ0n) is 35.4. The lowest BCUT2D eigenvalue weighted by molar-refractivity contribution is 0.479. The van der Waals surface area contributed by atoms with E-state index in [0.717, 1.165) is 67.3 Å². The van der Waals surface area contributed by atoms with E-state index in [0.29, 0.717) is 0 Å². The van der Waals surface area contributed by atoms with Gasteiger partial charge in [-0.05, 0) is 83.4 Å². The van der Waals surface area contributed by atoms with Crippen LogP contribution in [0.4, 0.5) is 0 Å². The maximum absolute atomic E-state index is 7.21. The predicted octanol–water partition coefficient (Wildman–Crippen LogP) is 14.0. The number of para-hydroxylation sites is 6. The minimum Gasteiger partial charge on any atom is -0.551 e. The van der Waals surface area contributed by atoms with Crippen LogP contribution in [0.3, 0.4) is 0 Å². The fourth-order valence-corrected chi connectivity index (χ4v) is 11.9. The summed E-state index contributed by atoms with van der Waals surface area (Å²) in [6.07, 6.45) is 0. The largest absolute Gasteiger partial charge is 0.551 e. The van der Waals surface area contributed by atoms with Gasteiger partial charge in [-0.15, -0.1) is 0 Å². The highest BCUT2D eigenvalue weighted by Gasteiger charge is 2.41. The molecule has 2 aliphatic rings. The first-order valence-corrected chi connectivity index (χ1v) is 22.7. The van der Waals surface area contributed by atoms with Crippen LogP contribution in [0.25, 0.3) is 115 Å². The second kappa shape index (κ2) is 12.5. The van der Waals surface area contributed by atoms with Gasteiger partial charge in [0.25, 0.3) is 0 Å². The molecule has 2 aliphatic heterocycles. The van der Waals surface area contributed by atoms with Crippen molar-refractivity contribution in [2.24, 2.45) is 0 Å². The standard InChI is InChI=1S/C60H34BN3O2/c1-7-22-49-39(16-1)40-17-2-8-23-50(40)62(49)37-15-13-14-35(30-37)36-28-29-48-55(31-36)65-56-33-38(32-45-43-20-6-12-27-54(43)66-61(48)58(45)56)63-51-24-9-3-18-41(51)46-34-47-42-19-4-10-25-52(42)64-53-26-11-5-21-44(53)57(59(46)63)60(47)64/h1-34H. The molecule has 14 aromatic rings. The minimum atomic E-state index is -0.335. The number of fused-ring (bicyclic) bond motifs is 17. The summed E-state index contributed by atoms with van der Waals surface area (Å²) in [5.41, 5.74) is 17.1. The minimum absolute atomic E-state index is 0.335. The van der Waals surface area contributed by atoms with Crippen molar-refractivity contribution in [1.29, 1.82) is 0 Å². The monoisotopic (exact) mass is 839 g/mol. The van der Waals surface area contributed by atoms with Gasteiger partial charge >= 0.3 is 6.92 Å². The molecule has 0 radical (unpaired) electrons. The summed E-state index contributed by atoms with van der Waals surface area (Å²) < 4.78 is 21.5. The summed E-state index contributed by atoms with van der Waals surface area (Å²) in [4.78, 5) is 0. The third kappa shape index (κ3) is 4.40. The van der Waals surface area contributed by atoms with Crippen LogP contribution >= 0.6 is 0 Å². The quantitative estimate of drug-likeness (QED) is 0.166. The maximum atomic E-state index is 7.21. The van der Waals surface area contributed by atoms with E-state index < -0.39 is 0 Å². The van der Waals surface area contributed by atoms with Crippen LogP contribution in [-0.2, 0) is 0 Å². The summed E-state index contributed by atoms with van der Waals surface area (Å²) in [5, 5.41) is 10.0. The predicted molar refractivity (Wildman–Crippen MR) is 273 cm³/mol. The zero-order chi connectivity index (χ0) is 42.8. The van der Waals surface area contributed by atoms with Crippen molar-refractivity contribution in [2.75, 3.05) is 0 Å². The summed E-state index contributed by atoms with van der Waals surface area (Å²) in [6.45, 7) is -0.335. The molecule has 0 bridgehead atoms. The van der Waals surface area contributed by atoms with Gasteiger partial charge in [-0.1, -0.05) is 133 Å². The molecule has 5 nitrogen and oxygen atoms in total. The molecule has 0 unspecified atom stereocenters. The molecule has 16 rings (SSSR count). The van der Waals surface area contributed by atoms with E-state index in [1.807, 2.05) is 0 Å². The average Bonchev–Trinajstić information content (AvgIpc) is 4.10. The van der Waals surface area contributed by atoms with E-state index in [4.69, 9.17) is 9.39 Å².